The maximum atomic E-state index is 13.2. The van der Waals surface area contributed by atoms with E-state index in [2.05, 4.69) is 4.98 Å². The predicted molar refractivity (Wildman–Crippen MR) is 75.2 cm³/mol. The molecule has 1 heterocycles. The van der Waals surface area contributed by atoms with Crippen LogP contribution in [0, 0.1) is 31.0 Å². The highest BCUT2D eigenvalue weighted by Crippen LogP contribution is 2.24. The molecule has 0 atom stereocenters. The molecule has 98 valence electrons. The van der Waals surface area contributed by atoms with Crippen molar-refractivity contribution in [2.45, 2.75) is 13.8 Å². The molecule has 0 fully saturated rings. The minimum Gasteiger partial charge on any atom is -0.297 e. The van der Waals surface area contributed by atoms with Crippen LogP contribution in [0.3, 0.4) is 0 Å². The van der Waals surface area contributed by atoms with Gasteiger partial charge >= 0.3 is 0 Å². The van der Waals surface area contributed by atoms with Crippen molar-refractivity contribution < 1.29 is 4.39 Å². The second-order valence-electron chi connectivity index (χ2n) is 4.81. The van der Waals surface area contributed by atoms with Gasteiger partial charge in [0.15, 0.2) is 0 Å². The SMILES string of the molecule is Cc1cc2ncn(-c3ccc(F)cc3C#N)c2cc1C. The van der Waals surface area contributed by atoms with E-state index in [0.717, 1.165) is 16.6 Å². The lowest BCUT2D eigenvalue weighted by molar-refractivity contribution is 0.627. The van der Waals surface area contributed by atoms with Crippen molar-refractivity contribution in [3.8, 4) is 11.8 Å². The van der Waals surface area contributed by atoms with Gasteiger partial charge in [-0.1, -0.05) is 0 Å². The van der Waals surface area contributed by atoms with Gasteiger partial charge in [-0.15, -0.1) is 0 Å². The maximum Gasteiger partial charge on any atom is 0.124 e. The number of imidazole rings is 1. The molecule has 3 aromatic rings. The van der Waals surface area contributed by atoms with Gasteiger partial charge in [-0.25, -0.2) is 9.37 Å². The summed E-state index contributed by atoms with van der Waals surface area (Å²) in [6, 6.07) is 10.3. The molecule has 0 unspecified atom stereocenters. The fourth-order valence-corrected chi connectivity index (χ4v) is 2.26. The fourth-order valence-electron chi connectivity index (χ4n) is 2.26. The summed E-state index contributed by atoms with van der Waals surface area (Å²) in [7, 11) is 0. The first-order valence-electron chi connectivity index (χ1n) is 6.24. The van der Waals surface area contributed by atoms with Gasteiger partial charge in [0.25, 0.3) is 0 Å². The Labute approximate surface area is 115 Å². The summed E-state index contributed by atoms with van der Waals surface area (Å²) in [5.41, 5.74) is 5.03. The van der Waals surface area contributed by atoms with Gasteiger partial charge in [0.05, 0.1) is 22.3 Å². The number of aromatic nitrogens is 2. The molecule has 0 radical (unpaired) electrons. The Morgan fingerprint density at radius 1 is 1.15 bits per heavy atom. The molecule has 1 aromatic heterocycles. The number of hydrogen-bond donors (Lipinski definition) is 0. The summed E-state index contributed by atoms with van der Waals surface area (Å²) >= 11 is 0. The first-order valence-corrected chi connectivity index (χ1v) is 6.24. The van der Waals surface area contributed by atoms with Gasteiger partial charge in [-0.3, -0.25) is 4.57 Å². The first-order chi connectivity index (χ1) is 9.60. The van der Waals surface area contributed by atoms with E-state index in [0.29, 0.717) is 11.3 Å². The molecular formula is C16H12FN3. The molecule has 0 saturated heterocycles. The summed E-state index contributed by atoms with van der Waals surface area (Å²) < 4.78 is 15.0. The monoisotopic (exact) mass is 265 g/mol. The van der Waals surface area contributed by atoms with E-state index >= 15 is 0 Å². The van der Waals surface area contributed by atoms with Crippen LogP contribution in [0.2, 0.25) is 0 Å². The molecule has 20 heavy (non-hydrogen) atoms. The second-order valence-corrected chi connectivity index (χ2v) is 4.81. The van der Waals surface area contributed by atoms with Crippen LogP contribution < -0.4 is 0 Å². The van der Waals surface area contributed by atoms with Gasteiger partial charge in [0.1, 0.15) is 18.2 Å². The van der Waals surface area contributed by atoms with Crippen LogP contribution in [0.15, 0.2) is 36.7 Å². The summed E-state index contributed by atoms with van der Waals surface area (Å²) in [6.45, 7) is 4.06. The molecular weight excluding hydrogens is 253 g/mol. The molecule has 0 aliphatic heterocycles. The molecule has 0 amide bonds. The average molecular weight is 265 g/mol. The van der Waals surface area contributed by atoms with E-state index in [1.54, 1.807) is 12.4 Å². The summed E-state index contributed by atoms with van der Waals surface area (Å²) in [5.74, 6) is -0.415. The Kier molecular flexibility index (Phi) is 2.76. The van der Waals surface area contributed by atoms with Gasteiger partial charge in [0, 0.05) is 0 Å². The van der Waals surface area contributed by atoms with Crippen LogP contribution in [-0.4, -0.2) is 9.55 Å². The Morgan fingerprint density at radius 2 is 1.90 bits per heavy atom. The molecule has 0 saturated carbocycles. The van der Waals surface area contributed by atoms with E-state index < -0.39 is 5.82 Å². The first kappa shape index (κ1) is 12.4. The number of benzene rings is 2. The highest BCUT2D eigenvalue weighted by atomic mass is 19.1. The molecule has 3 nitrogen and oxygen atoms in total. The van der Waals surface area contributed by atoms with Crippen molar-refractivity contribution in [1.29, 1.82) is 5.26 Å². The number of nitrogens with zero attached hydrogens (tertiary/aromatic N) is 3. The average Bonchev–Trinajstić information content (AvgIpc) is 2.82. The van der Waals surface area contributed by atoms with Crippen molar-refractivity contribution in [1.82, 2.24) is 9.55 Å². The molecule has 0 aliphatic carbocycles. The highest BCUT2D eigenvalue weighted by Gasteiger charge is 2.10. The van der Waals surface area contributed by atoms with Crippen molar-refractivity contribution in [2.24, 2.45) is 0 Å². The lowest BCUT2D eigenvalue weighted by Crippen LogP contribution is -1.97. The van der Waals surface area contributed by atoms with E-state index in [1.807, 2.05) is 36.6 Å². The number of aryl methyl sites for hydroxylation is 2. The number of fused-ring (bicyclic) bond motifs is 1. The molecule has 0 aliphatic rings. The lowest BCUT2D eigenvalue weighted by atomic mass is 10.1. The Morgan fingerprint density at radius 3 is 2.65 bits per heavy atom. The Hall–Kier alpha value is -2.67. The van der Waals surface area contributed by atoms with E-state index in [-0.39, 0.29) is 0 Å². The number of rotatable bonds is 1. The van der Waals surface area contributed by atoms with Crippen LogP contribution in [0.4, 0.5) is 4.39 Å². The minimum absolute atomic E-state index is 0.294. The fraction of sp³-hybridized carbons (Fsp3) is 0.125. The Bertz CT molecular complexity index is 856. The molecule has 3 rings (SSSR count). The minimum atomic E-state index is -0.415. The van der Waals surface area contributed by atoms with Crippen LogP contribution in [0.25, 0.3) is 16.7 Å². The second kappa shape index (κ2) is 4.46. The van der Waals surface area contributed by atoms with Crippen molar-refractivity contribution in [2.75, 3.05) is 0 Å². The third-order valence-electron chi connectivity index (χ3n) is 3.50. The van der Waals surface area contributed by atoms with Crippen molar-refractivity contribution in [3.05, 3.63) is 59.2 Å². The summed E-state index contributed by atoms with van der Waals surface area (Å²) in [4.78, 5) is 4.35. The van der Waals surface area contributed by atoms with Gasteiger partial charge < -0.3 is 0 Å². The molecule has 2 aromatic carbocycles. The summed E-state index contributed by atoms with van der Waals surface area (Å²) in [5, 5.41) is 9.16. The lowest BCUT2D eigenvalue weighted by Gasteiger charge is -2.08. The zero-order valence-corrected chi connectivity index (χ0v) is 11.2. The highest BCUT2D eigenvalue weighted by molar-refractivity contribution is 5.79. The van der Waals surface area contributed by atoms with Gasteiger partial charge in [0.2, 0.25) is 0 Å². The quantitative estimate of drug-likeness (QED) is 0.674. The number of nitriles is 1. The zero-order valence-electron chi connectivity index (χ0n) is 11.2. The molecule has 4 heteroatoms. The largest absolute Gasteiger partial charge is 0.297 e. The van der Waals surface area contributed by atoms with Crippen molar-refractivity contribution >= 4 is 11.0 Å². The zero-order chi connectivity index (χ0) is 14.3. The standard InChI is InChI=1S/C16H12FN3/c1-10-5-14-16(6-11(10)2)20(9-19-14)15-4-3-13(17)7-12(15)8-18/h3-7,9H,1-2H3. The van der Waals surface area contributed by atoms with E-state index in [9.17, 15) is 4.39 Å². The van der Waals surface area contributed by atoms with Gasteiger partial charge in [-0.2, -0.15) is 5.26 Å². The third-order valence-corrected chi connectivity index (χ3v) is 3.50. The predicted octanol–water partition coefficient (Wildman–Crippen LogP) is 3.65. The van der Waals surface area contributed by atoms with Gasteiger partial charge in [-0.05, 0) is 55.3 Å². The maximum absolute atomic E-state index is 13.2. The smallest absolute Gasteiger partial charge is 0.124 e. The number of halogens is 1. The third kappa shape index (κ3) is 1.84. The molecule has 0 spiro atoms. The van der Waals surface area contributed by atoms with Crippen LogP contribution in [0.5, 0.6) is 0 Å². The van der Waals surface area contributed by atoms with E-state index in [4.69, 9.17) is 5.26 Å². The van der Waals surface area contributed by atoms with Crippen LogP contribution >= 0.6 is 0 Å². The van der Waals surface area contributed by atoms with E-state index in [1.165, 1.54) is 17.7 Å². The molecule has 0 bridgehead atoms. The van der Waals surface area contributed by atoms with Crippen LogP contribution in [-0.2, 0) is 0 Å². The normalized spacial score (nSPS) is 10.7. The van der Waals surface area contributed by atoms with Crippen LogP contribution in [0.1, 0.15) is 16.7 Å². The molecule has 0 N–H and O–H groups in total. The number of hydrogen-bond acceptors (Lipinski definition) is 2. The summed E-state index contributed by atoms with van der Waals surface area (Å²) in [6.07, 6.45) is 1.66. The Balaban J connectivity index is 2.31. The van der Waals surface area contributed by atoms with Crippen molar-refractivity contribution in [3.63, 3.8) is 0 Å². The topological polar surface area (TPSA) is 41.6 Å².